The fraction of sp³-hybridized carbons (Fsp3) is 0.462. The van der Waals surface area contributed by atoms with Crippen LogP contribution in [0.2, 0.25) is 0 Å². The maximum absolute atomic E-state index is 11.8. The van der Waals surface area contributed by atoms with Gasteiger partial charge in [0.15, 0.2) is 0 Å². The van der Waals surface area contributed by atoms with E-state index in [0.29, 0.717) is 16.5 Å². The van der Waals surface area contributed by atoms with Crippen molar-refractivity contribution in [2.45, 2.75) is 19.9 Å². The highest BCUT2D eigenvalue weighted by molar-refractivity contribution is 8.09. The number of thioether (sulfide) groups is 1. The minimum Gasteiger partial charge on any atom is -0.349 e. The molecule has 122 valence electrons. The molecular weight excluding hydrogens is 326 g/mol. The zero-order valence-electron chi connectivity index (χ0n) is 12.6. The normalized spacial score (nSPS) is 14.0. The number of nitrogens with one attached hydrogen (secondary N) is 3. The van der Waals surface area contributed by atoms with Crippen molar-refractivity contribution in [1.29, 1.82) is 0 Å². The molecule has 1 aromatic heterocycles. The third-order valence-electron chi connectivity index (χ3n) is 2.65. The van der Waals surface area contributed by atoms with E-state index in [2.05, 4.69) is 15.3 Å². The van der Waals surface area contributed by atoms with Crippen molar-refractivity contribution < 1.29 is 9.00 Å². The Morgan fingerprint density at radius 1 is 1.41 bits per heavy atom. The lowest BCUT2D eigenvalue weighted by atomic mass is 10.2. The van der Waals surface area contributed by atoms with Gasteiger partial charge in [-0.3, -0.25) is 18.8 Å². The molecule has 0 fully saturated rings. The van der Waals surface area contributed by atoms with Gasteiger partial charge in [0.2, 0.25) is 5.91 Å². The van der Waals surface area contributed by atoms with E-state index >= 15 is 0 Å². The van der Waals surface area contributed by atoms with Gasteiger partial charge in [0.05, 0.1) is 10.6 Å². The summed E-state index contributed by atoms with van der Waals surface area (Å²) in [6, 6.07) is -0.236. The molecule has 7 nitrogen and oxygen atoms in total. The largest absolute Gasteiger partial charge is 0.349 e. The molecule has 0 saturated heterocycles. The number of aromatic nitrogens is 2. The van der Waals surface area contributed by atoms with Crippen LogP contribution in [0.25, 0.3) is 6.08 Å². The summed E-state index contributed by atoms with van der Waals surface area (Å²) in [6.45, 7) is 3.34. The SMILES string of the molecule is CSCS(=O)C[C@H](C)NC(=O)/C=C/c1c(C)[nH]c(=O)[nH]c1=O. The van der Waals surface area contributed by atoms with E-state index in [-0.39, 0.29) is 11.6 Å². The number of H-pyrrole nitrogens is 2. The van der Waals surface area contributed by atoms with Crippen molar-refractivity contribution in [2.24, 2.45) is 0 Å². The van der Waals surface area contributed by atoms with E-state index in [1.54, 1.807) is 13.8 Å². The summed E-state index contributed by atoms with van der Waals surface area (Å²) in [4.78, 5) is 39.0. The second-order valence-corrected chi connectivity index (χ2v) is 7.44. The second-order valence-electron chi connectivity index (χ2n) is 4.70. The third-order valence-corrected chi connectivity index (χ3v) is 5.52. The smallest absolute Gasteiger partial charge is 0.325 e. The van der Waals surface area contributed by atoms with Gasteiger partial charge in [0, 0.05) is 34.4 Å². The summed E-state index contributed by atoms with van der Waals surface area (Å²) in [5, 5.41) is 3.21. The highest BCUT2D eigenvalue weighted by Crippen LogP contribution is 2.00. The van der Waals surface area contributed by atoms with Crippen molar-refractivity contribution in [3.05, 3.63) is 38.2 Å². The average molecular weight is 345 g/mol. The third kappa shape index (κ3) is 6.02. The molecule has 0 radical (unpaired) electrons. The molecule has 3 N–H and O–H groups in total. The molecule has 1 aromatic rings. The van der Waals surface area contributed by atoms with Crippen LogP contribution in [-0.4, -0.2) is 43.2 Å². The Hall–Kier alpha value is -1.61. The number of rotatable bonds is 7. The summed E-state index contributed by atoms with van der Waals surface area (Å²) in [5.74, 6) is -0.0164. The summed E-state index contributed by atoms with van der Waals surface area (Å²) < 4.78 is 11.6. The van der Waals surface area contributed by atoms with Crippen LogP contribution in [0, 0.1) is 6.92 Å². The van der Waals surface area contributed by atoms with Crippen molar-refractivity contribution in [3.8, 4) is 0 Å². The van der Waals surface area contributed by atoms with Gasteiger partial charge in [0.25, 0.3) is 5.56 Å². The van der Waals surface area contributed by atoms with Gasteiger partial charge in [-0.25, -0.2) is 4.79 Å². The molecule has 1 amide bonds. The number of hydrogen-bond acceptors (Lipinski definition) is 5. The summed E-state index contributed by atoms with van der Waals surface area (Å²) in [6.07, 6.45) is 4.42. The minimum atomic E-state index is -0.987. The quantitative estimate of drug-likeness (QED) is 0.600. The summed E-state index contributed by atoms with van der Waals surface area (Å²) in [5.41, 5.74) is -0.547. The van der Waals surface area contributed by atoms with Crippen molar-refractivity contribution in [1.82, 2.24) is 15.3 Å². The Morgan fingerprint density at radius 3 is 2.68 bits per heavy atom. The van der Waals surface area contributed by atoms with Crippen molar-refractivity contribution in [2.75, 3.05) is 17.1 Å². The molecule has 0 aliphatic heterocycles. The summed E-state index contributed by atoms with van der Waals surface area (Å²) in [7, 11) is -0.987. The molecule has 0 aliphatic rings. The Labute approximate surface area is 134 Å². The van der Waals surface area contributed by atoms with Gasteiger partial charge in [-0.1, -0.05) is 0 Å². The van der Waals surface area contributed by atoms with Crippen LogP contribution < -0.4 is 16.6 Å². The standard InChI is InChI=1S/C13H19N3O4S2/c1-8(6-22(20)7-21-3)14-11(17)5-4-10-9(2)15-13(19)16-12(10)18/h4-5,8H,6-7H2,1-3H3,(H,14,17)(H2,15,16,18,19)/b5-4+/t8-,22?/m0/s1. The molecule has 0 saturated carbocycles. The Morgan fingerprint density at radius 2 is 2.09 bits per heavy atom. The highest BCUT2D eigenvalue weighted by atomic mass is 32.2. The predicted octanol–water partition coefficient (Wildman–Crippen LogP) is -0.0413. The van der Waals surface area contributed by atoms with Crippen molar-refractivity contribution >= 4 is 34.5 Å². The van der Waals surface area contributed by atoms with E-state index in [1.165, 1.54) is 23.9 Å². The molecule has 0 spiro atoms. The van der Waals surface area contributed by atoms with Gasteiger partial charge in [-0.15, -0.1) is 0 Å². The number of carbonyl (C=O) groups excluding carboxylic acids is 1. The van der Waals surface area contributed by atoms with Crippen LogP contribution in [0.4, 0.5) is 0 Å². The van der Waals surface area contributed by atoms with E-state index in [0.717, 1.165) is 0 Å². The monoisotopic (exact) mass is 345 g/mol. The van der Waals surface area contributed by atoms with Crippen LogP contribution in [0.5, 0.6) is 0 Å². The van der Waals surface area contributed by atoms with Crippen LogP contribution in [-0.2, 0) is 15.6 Å². The number of hydrogen-bond donors (Lipinski definition) is 3. The second kappa shape index (κ2) is 8.74. The lowest BCUT2D eigenvalue weighted by molar-refractivity contribution is -0.116. The Kier molecular flexibility index (Phi) is 7.33. The number of carbonyl (C=O) groups is 1. The Bertz CT molecular complexity index is 693. The molecule has 1 heterocycles. The molecular formula is C13H19N3O4S2. The zero-order chi connectivity index (χ0) is 16.7. The van der Waals surface area contributed by atoms with Crippen LogP contribution in [0.1, 0.15) is 18.2 Å². The minimum absolute atomic E-state index is 0.216. The first-order valence-corrected chi connectivity index (χ1v) is 9.37. The maximum Gasteiger partial charge on any atom is 0.325 e. The Balaban J connectivity index is 2.67. The topological polar surface area (TPSA) is 112 Å². The molecule has 1 rings (SSSR count). The number of amides is 1. The first kappa shape index (κ1) is 18.4. The van der Waals surface area contributed by atoms with Crippen molar-refractivity contribution in [3.63, 3.8) is 0 Å². The average Bonchev–Trinajstić information content (AvgIpc) is 2.36. The van der Waals surface area contributed by atoms with Gasteiger partial charge in [-0.2, -0.15) is 11.8 Å². The van der Waals surface area contributed by atoms with Gasteiger partial charge >= 0.3 is 5.69 Å². The zero-order valence-corrected chi connectivity index (χ0v) is 14.2. The number of aryl methyl sites for hydroxylation is 1. The maximum atomic E-state index is 11.8. The lowest BCUT2D eigenvalue weighted by Crippen LogP contribution is -2.35. The fourth-order valence-corrected chi connectivity index (χ4v) is 3.84. The van der Waals surface area contributed by atoms with E-state index in [9.17, 15) is 18.6 Å². The molecule has 0 aliphatic carbocycles. The molecule has 0 aromatic carbocycles. The molecule has 1 unspecified atom stereocenters. The van der Waals surface area contributed by atoms with Crippen LogP contribution in [0.3, 0.4) is 0 Å². The molecule has 9 heteroatoms. The van der Waals surface area contributed by atoms with E-state index in [4.69, 9.17) is 0 Å². The highest BCUT2D eigenvalue weighted by Gasteiger charge is 2.09. The summed E-state index contributed by atoms with van der Waals surface area (Å²) >= 11 is 1.49. The van der Waals surface area contributed by atoms with E-state index < -0.39 is 28.0 Å². The first-order valence-electron chi connectivity index (χ1n) is 6.49. The molecule has 2 atom stereocenters. The van der Waals surface area contributed by atoms with E-state index in [1.807, 2.05) is 6.26 Å². The lowest BCUT2D eigenvalue weighted by Gasteiger charge is -2.11. The van der Waals surface area contributed by atoms with Gasteiger partial charge in [-0.05, 0) is 26.2 Å². The van der Waals surface area contributed by atoms with Gasteiger partial charge < -0.3 is 10.3 Å². The first-order chi connectivity index (χ1) is 10.3. The molecule has 22 heavy (non-hydrogen) atoms. The van der Waals surface area contributed by atoms with Crippen LogP contribution >= 0.6 is 11.8 Å². The fourth-order valence-electron chi connectivity index (χ4n) is 1.76. The van der Waals surface area contributed by atoms with Gasteiger partial charge in [0.1, 0.15) is 0 Å². The molecule has 0 bridgehead atoms. The number of aromatic amines is 2. The predicted molar refractivity (Wildman–Crippen MR) is 90.5 cm³/mol. The van der Waals surface area contributed by atoms with Crippen LogP contribution in [0.15, 0.2) is 15.7 Å².